The summed E-state index contributed by atoms with van der Waals surface area (Å²) in [7, 11) is 5.30. The average Bonchev–Trinajstić information content (AvgIpc) is 3.32. The van der Waals surface area contributed by atoms with Gasteiger partial charge in [-0.2, -0.15) is 0 Å². The Morgan fingerprint density at radius 3 is 2.59 bits per heavy atom. The van der Waals surface area contributed by atoms with Crippen LogP contribution in [0.15, 0.2) is 54.7 Å². The minimum atomic E-state index is -0.0278. The van der Waals surface area contributed by atoms with E-state index in [9.17, 15) is 4.79 Å². The summed E-state index contributed by atoms with van der Waals surface area (Å²) in [6.45, 7) is 2.45. The quantitative estimate of drug-likeness (QED) is 0.247. The summed E-state index contributed by atoms with van der Waals surface area (Å²) in [4.78, 5) is 21.3. The Balaban J connectivity index is 1.56. The number of hydrogen-bond acceptors (Lipinski definition) is 6. The number of aryl methyl sites for hydroxylation is 1. The highest BCUT2D eigenvalue weighted by Crippen LogP contribution is 2.40. The van der Waals surface area contributed by atoms with Gasteiger partial charge in [0, 0.05) is 46.0 Å². The second kappa shape index (κ2) is 11.9. The topological polar surface area (TPSA) is 63.7 Å². The molecular formula is C31H34ClN3O3S. The summed E-state index contributed by atoms with van der Waals surface area (Å²) in [6, 6.07) is 16.6. The minimum absolute atomic E-state index is 0.0278. The van der Waals surface area contributed by atoms with E-state index in [1.807, 2.05) is 61.3 Å². The highest BCUT2D eigenvalue weighted by atomic mass is 35.5. The number of aromatic nitrogens is 1. The van der Waals surface area contributed by atoms with Crippen LogP contribution < -0.4 is 14.8 Å². The molecule has 0 radical (unpaired) electrons. The number of rotatable bonds is 8. The number of carbonyl (C=O) groups excluding carboxylic acids is 1. The highest BCUT2D eigenvalue weighted by molar-refractivity contribution is 7.21. The molecule has 0 spiro atoms. The lowest BCUT2D eigenvalue weighted by Gasteiger charge is -2.37. The number of halogens is 1. The van der Waals surface area contributed by atoms with E-state index in [4.69, 9.17) is 21.1 Å². The second-order valence-corrected chi connectivity index (χ2v) is 11.4. The van der Waals surface area contributed by atoms with Gasteiger partial charge in [0.05, 0.1) is 19.2 Å². The molecule has 2 aromatic heterocycles. The van der Waals surface area contributed by atoms with Crippen molar-refractivity contribution < 1.29 is 14.3 Å². The first-order valence-corrected chi connectivity index (χ1v) is 14.5. The van der Waals surface area contributed by atoms with E-state index in [0.29, 0.717) is 28.4 Å². The zero-order valence-electron chi connectivity index (χ0n) is 22.8. The van der Waals surface area contributed by atoms with Gasteiger partial charge in [-0.05, 0) is 81.1 Å². The Bertz CT molecular complexity index is 1480. The standard InChI is InChI=1S/C31H34ClN3O3S/c1-19-7-5-9-26-27(19)28(32)29(39-26)31(36)35(23-13-11-22(33-2)12-14-23)18-21-17-20(10-15-25(21)37-3)24-8-6-16-34-30(24)38-4/h5-10,15-17,22-23,33H,11-14,18H2,1-4H3/t22-,23-. The fraction of sp³-hybridized carbons (Fsp3) is 0.355. The zero-order chi connectivity index (χ0) is 27.5. The van der Waals surface area contributed by atoms with Gasteiger partial charge in [0.1, 0.15) is 10.6 Å². The first-order valence-electron chi connectivity index (χ1n) is 13.3. The largest absolute Gasteiger partial charge is 0.496 e. The third kappa shape index (κ3) is 5.49. The van der Waals surface area contributed by atoms with E-state index in [1.165, 1.54) is 11.3 Å². The number of benzene rings is 2. The smallest absolute Gasteiger partial charge is 0.266 e. The third-order valence-electron chi connectivity index (χ3n) is 7.76. The Morgan fingerprint density at radius 2 is 1.90 bits per heavy atom. The van der Waals surface area contributed by atoms with Gasteiger partial charge in [-0.15, -0.1) is 11.3 Å². The fourth-order valence-corrected chi connectivity index (χ4v) is 7.24. The van der Waals surface area contributed by atoms with E-state index in [2.05, 4.69) is 16.4 Å². The van der Waals surface area contributed by atoms with Crippen molar-refractivity contribution in [3.05, 3.63) is 75.8 Å². The molecule has 0 aliphatic heterocycles. The van der Waals surface area contributed by atoms with Gasteiger partial charge >= 0.3 is 0 Å². The van der Waals surface area contributed by atoms with E-state index in [-0.39, 0.29) is 11.9 Å². The van der Waals surface area contributed by atoms with Crippen molar-refractivity contribution in [1.82, 2.24) is 15.2 Å². The Labute approximate surface area is 238 Å². The molecule has 8 heteroatoms. The molecule has 0 atom stereocenters. The molecule has 2 heterocycles. The van der Waals surface area contributed by atoms with Gasteiger partial charge in [0.2, 0.25) is 5.88 Å². The van der Waals surface area contributed by atoms with Crippen LogP contribution in [0.3, 0.4) is 0 Å². The molecule has 1 aliphatic rings. The Hall–Kier alpha value is -3.13. The number of nitrogens with zero attached hydrogens (tertiary/aromatic N) is 2. The van der Waals surface area contributed by atoms with Crippen LogP contribution in [-0.2, 0) is 6.54 Å². The molecule has 0 bridgehead atoms. The first-order chi connectivity index (χ1) is 18.9. The van der Waals surface area contributed by atoms with Gasteiger partial charge in [0.15, 0.2) is 0 Å². The van der Waals surface area contributed by atoms with Crippen molar-refractivity contribution >= 4 is 38.9 Å². The summed E-state index contributed by atoms with van der Waals surface area (Å²) >= 11 is 8.37. The molecule has 1 fully saturated rings. The van der Waals surface area contributed by atoms with Crippen LogP contribution in [0.2, 0.25) is 5.02 Å². The Kier molecular flexibility index (Phi) is 8.40. The Morgan fingerprint density at radius 1 is 1.10 bits per heavy atom. The zero-order valence-corrected chi connectivity index (χ0v) is 24.4. The average molecular weight is 564 g/mol. The SMILES string of the molecule is CN[C@H]1CC[C@H](N(Cc2cc(-c3cccnc3OC)ccc2OC)C(=O)c2sc3cccc(C)c3c2Cl)CC1. The summed E-state index contributed by atoms with van der Waals surface area (Å²) in [5.41, 5.74) is 3.85. The molecule has 1 amide bonds. The molecule has 39 heavy (non-hydrogen) atoms. The molecule has 0 unspecified atom stereocenters. The number of amides is 1. The number of hydrogen-bond donors (Lipinski definition) is 1. The molecule has 1 saturated carbocycles. The van der Waals surface area contributed by atoms with Gasteiger partial charge in [-0.1, -0.05) is 29.8 Å². The number of methoxy groups -OCH3 is 2. The lowest BCUT2D eigenvalue weighted by molar-refractivity contribution is 0.0604. The van der Waals surface area contributed by atoms with E-state index in [0.717, 1.165) is 63.8 Å². The van der Waals surface area contributed by atoms with Crippen LogP contribution in [-0.4, -0.2) is 49.1 Å². The van der Waals surface area contributed by atoms with Gasteiger partial charge in [0.25, 0.3) is 5.91 Å². The van der Waals surface area contributed by atoms with Crippen LogP contribution >= 0.6 is 22.9 Å². The second-order valence-electron chi connectivity index (χ2n) is 10.0. The highest BCUT2D eigenvalue weighted by Gasteiger charge is 2.32. The monoisotopic (exact) mass is 563 g/mol. The minimum Gasteiger partial charge on any atom is -0.496 e. The van der Waals surface area contributed by atoms with E-state index < -0.39 is 0 Å². The molecule has 204 valence electrons. The number of pyridine rings is 1. The predicted molar refractivity (Wildman–Crippen MR) is 159 cm³/mol. The summed E-state index contributed by atoms with van der Waals surface area (Å²) in [5.74, 6) is 1.26. The number of thiophene rings is 1. The van der Waals surface area contributed by atoms with E-state index >= 15 is 0 Å². The maximum absolute atomic E-state index is 14.3. The maximum atomic E-state index is 14.3. The lowest BCUT2D eigenvalue weighted by atomic mass is 9.89. The van der Waals surface area contributed by atoms with Crippen molar-refractivity contribution in [2.45, 2.75) is 51.2 Å². The van der Waals surface area contributed by atoms with Crippen molar-refractivity contribution in [3.8, 4) is 22.8 Å². The molecule has 2 aromatic carbocycles. The van der Waals surface area contributed by atoms with Crippen molar-refractivity contribution in [2.75, 3.05) is 21.3 Å². The fourth-order valence-electron chi connectivity index (χ4n) is 5.61. The van der Waals surface area contributed by atoms with E-state index in [1.54, 1.807) is 20.4 Å². The predicted octanol–water partition coefficient (Wildman–Crippen LogP) is 7.12. The molecular weight excluding hydrogens is 530 g/mol. The molecule has 0 saturated heterocycles. The van der Waals surface area contributed by atoms with Crippen LogP contribution in [0.4, 0.5) is 0 Å². The molecule has 5 rings (SSSR count). The summed E-state index contributed by atoms with van der Waals surface area (Å²) < 4.78 is 12.3. The lowest BCUT2D eigenvalue weighted by Crippen LogP contribution is -2.44. The van der Waals surface area contributed by atoms with Gasteiger partial charge < -0.3 is 19.7 Å². The third-order valence-corrected chi connectivity index (χ3v) is 9.40. The van der Waals surface area contributed by atoms with Crippen LogP contribution in [0.25, 0.3) is 21.2 Å². The number of nitrogens with one attached hydrogen (secondary N) is 1. The van der Waals surface area contributed by atoms with Crippen LogP contribution in [0.1, 0.15) is 46.5 Å². The summed E-state index contributed by atoms with van der Waals surface area (Å²) in [6.07, 6.45) is 5.61. The summed E-state index contributed by atoms with van der Waals surface area (Å²) in [5, 5.41) is 4.92. The van der Waals surface area contributed by atoms with Crippen molar-refractivity contribution in [2.24, 2.45) is 0 Å². The number of fused-ring (bicyclic) bond motifs is 1. The number of ether oxygens (including phenoxy) is 2. The van der Waals surface area contributed by atoms with Crippen LogP contribution in [0, 0.1) is 6.92 Å². The molecule has 1 aliphatic carbocycles. The first kappa shape index (κ1) is 27.4. The number of carbonyl (C=O) groups is 1. The van der Waals surface area contributed by atoms with Crippen molar-refractivity contribution in [3.63, 3.8) is 0 Å². The molecule has 4 aromatic rings. The normalized spacial score (nSPS) is 17.3. The molecule has 1 N–H and O–H groups in total. The molecule has 6 nitrogen and oxygen atoms in total. The van der Waals surface area contributed by atoms with Crippen molar-refractivity contribution in [1.29, 1.82) is 0 Å². The van der Waals surface area contributed by atoms with Gasteiger partial charge in [-0.3, -0.25) is 4.79 Å². The van der Waals surface area contributed by atoms with Crippen LogP contribution in [0.5, 0.6) is 11.6 Å². The van der Waals surface area contributed by atoms with Gasteiger partial charge in [-0.25, -0.2) is 4.98 Å². The maximum Gasteiger partial charge on any atom is 0.266 e.